The normalized spacial score (nSPS) is 15.3. The van der Waals surface area contributed by atoms with Crippen LogP contribution >= 0.6 is 0 Å². The van der Waals surface area contributed by atoms with Crippen LogP contribution in [0.1, 0.15) is 37.8 Å². The number of halogens is 1. The molecule has 7 nitrogen and oxygen atoms in total. The highest BCUT2D eigenvalue weighted by molar-refractivity contribution is 7.88. The summed E-state index contributed by atoms with van der Waals surface area (Å²) in [7, 11) is -3.26. The predicted molar refractivity (Wildman–Crippen MR) is 130 cm³/mol. The lowest BCUT2D eigenvalue weighted by Crippen LogP contribution is -2.51. The molecule has 0 radical (unpaired) electrons. The largest absolute Gasteiger partial charge is 0.493 e. The van der Waals surface area contributed by atoms with Gasteiger partial charge in [-0.15, -0.1) is 0 Å². The van der Waals surface area contributed by atoms with E-state index in [2.05, 4.69) is 19.2 Å². The first-order valence-electron chi connectivity index (χ1n) is 11.6. The lowest BCUT2D eigenvalue weighted by Gasteiger charge is -2.37. The number of ether oxygens (including phenoxy) is 1. The van der Waals surface area contributed by atoms with Gasteiger partial charge < -0.3 is 15.0 Å². The van der Waals surface area contributed by atoms with Gasteiger partial charge in [-0.05, 0) is 54.2 Å². The number of hydrogen-bond donors (Lipinski definition) is 1. The van der Waals surface area contributed by atoms with Crippen molar-refractivity contribution in [3.05, 3.63) is 65.5 Å². The molecule has 1 aliphatic rings. The molecule has 1 heterocycles. The number of amides is 2. The van der Waals surface area contributed by atoms with E-state index in [9.17, 15) is 17.6 Å². The van der Waals surface area contributed by atoms with Crippen LogP contribution in [0.4, 0.5) is 9.18 Å². The Hall–Kier alpha value is -2.65. The summed E-state index contributed by atoms with van der Waals surface area (Å²) in [5, 5.41) is 2.98. The van der Waals surface area contributed by atoms with Crippen molar-refractivity contribution in [1.29, 1.82) is 0 Å². The summed E-state index contributed by atoms with van der Waals surface area (Å²) < 4.78 is 44.2. The van der Waals surface area contributed by atoms with Crippen LogP contribution in [-0.4, -0.2) is 55.6 Å². The zero-order chi connectivity index (χ0) is 24.7. The smallest absolute Gasteiger partial charge is 0.318 e. The third kappa shape index (κ3) is 7.70. The van der Waals surface area contributed by atoms with Gasteiger partial charge in [0.15, 0.2) is 0 Å². The zero-order valence-electron chi connectivity index (χ0n) is 20.0. The van der Waals surface area contributed by atoms with Gasteiger partial charge in [0.25, 0.3) is 0 Å². The monoisotopic (exact) mass is 491 g/mol. The molecule has 1 saturated heterocycles. The molecule has 0 unspecified atom stereocenters. The molecule has 0 saturated carbocycles. The number of nitrogens with one attached hydrogen (secondary N) is 1. The van der Waals surface area contributed by atoms with Gasteiger partial charge in [-0.3, -0.25) is 0 Å². The molecule has 3 rings (SSSR count). The van der Waals surface area contributed by atoms with E-state index in [0.29, 0.717) is 51.5 Å². The van der Waals surface area contributed by atoms with Crippen LogP contribution in [0.15, 0.2) is 48.5 Å². The summed E-state index contributed by atoms with van der Waals surface area (Å²) >= 11 is 0. The first-order valence-corrected chi connectivity index (χ1v) is 13.4. The van der Waals surface area contributed by atoms with Crippen LogP contribution in [0.3, 0.4) is 0 Å². The summed E-state index contributed by atoms with van der Waals surface area (Å²) in [5.74, 6) is 0.900. The molecular formula is C25H34FN3O4S. The molecule has 1 fully saturated rings. The van der Waals surface area contributed by atoms with Gasteiger partial charge in [-0.2, -0.15) is 0 Å². The standard InChI is InChI=1S/C25H34FN3O4S/c1-19(2)18-33-24-10-6-20(7-11-24)16-27-25(30)29(17-21-4-8-22(26)9-5-21)23-12-14-28(15-13-23)34(3,31)32/h4-11,19,23H,12-18H2,1-3H3,(H,27,30). The summed E-state index contributed by atoms with van der Waals surface area (Å²) in [4.78, 5) is 14.9. The van der Waals surface area contributed by atoms with Gasteiger partial charge in [0.05, 0.1) is 12.9 Å². The molecule has 0 aliphatic carbocycles. The Morgan fingerprint density at radius 3 is 2.24 bits per heavy atom. The van der Waals surface area contributed by atoms with Gasteiger partial charge >= 0.3 is 6.03 Å². The van der Waals surface area contributed by atoms with Crippen molar-refractivity contribution in [1.82, 2.24) is 14.5 Å². The predicted octanol–water partition coefficient (Wildman–Crippen LogP) is 4.00. The Morgan fingerprint density at radius 2 is 1.68 bits per heavy atom. The van der Waals surface area contributed by atoms with E-state index in [0.717, 1.165) is 16.9 Å². The molecule has 1 aliphatic heterocycles. The third-order valence-electron chi connectivity index (χ3n) is 5.81. The number of urea groups is 1. The molecule has 0 aromatic heterocycles. The van der Waals surface area contributed by atoms with Crippen molar-refractivity contribution in [2.75, 3.05) is 26.0 Å². The van der Waals surface area contributed by atoms with E-state index in [1.165, 1.54) is 22.7 Å². The highest BCUT2D eigenvalue weighted by Crippen LogP contribution is 2.21. The topological polar surface area (TPSA) is 79.0 Å². The summed E-state index contributed by atoms with van der Waals surface area (Å²) in [6, 6.07) is 13.4. The number of carbonyl (C=O) groups excluding carboxylic acids is 1. The molecular weight excluding hydrogens is 457 g/mol. The number of rotatable bonds is 9. The van der Waals surface area contributed by atoms with E-state index in [1.807, 2.05) is 24.3 Å². The molecule has 1 N–H and O–H groups in total. The molecule has 2 aromatic carbocycles. The Labute approximate surface area is 201 Å². The number of benzene rings is 2. The van der Waals surface area contributed by atoms with Crippen molar-refractivity contribution >= 4 is 16.1 Å². The van der Waals surface area contributed by atoms with Crippen LogP contribution in [0.25, 0.3) is 0 Å². The van der Waals surface area contributed by atoms with E-state index in [-0.39, 0.29) is 17.9 Å². The summed E-state index contributed by atoms with van der Waals surface area (Å²) in [5.41, 5.74) is 1.76. The fourth-order valence-corrected chi connectivity index (χ4v) is 4.76. The average molecular weight is 492 g/mol. The molecule has 0 bridgehead atoms. The van der Waals surface area contributed by atoms with Crippen LogP contribution in [0.5, 0.6) is 5.75 Å². The van der Waals surface area contributed by atoms with Gasteiger partial charge in [-0.25, -0.2) is 21.9 Å². The molecule has 34 heavy (non-hydrogen) atoms. The summed E-state index contributed by atoms with van der Waals surface area (Å²) in [6.07, 6.45) is 2.29. The minimum absolute atomic E-state index is 0.116. The van der Waals surface area contributed by atoms with Crippen LogP contribution < -0.4 is 10.1 Å². The van der Waals surface area contributed by atoms with E-state index < -0.39 is 10.0 Å². The lowest BCUT2D eigenvalue weighted by atomic mass is 10.0. The molecule has 9 heteroatoms. The van der Waals surface area contributed by atoms with Crippen molar-refractivity contribution in [3.8, 4) is 5.75 Å². The summed E-state index contributed by atoms with van der Waals surface area (Å²) in [6.45, 7) is 6.23. The maximum atomic E-state index is 13.4. The van der Waals surface area contributed by atoms with Crippen molar-refractivity contribution in [3.63, 3.8) is 0 Å². The number of hydrogen-bond acceptors (Lipinski definition) is 4. The first-order chi connectivity index (χ1) is 16.1. The van der Waals surface area contributed by atoms with Gasteiger partial charge in [0, 0.05) is 32.2 Å². The SMILES string of the molecule is CC(C)COc1ccc(CNC(=O)N(Cc2ccc(F)cc2)C2CCN(S(C)(=O)=O)CC2)cc1. The van der Waals surface area contributed by atoms with E-state index >= 15 is 0 Å². The maximum Gasteiger partial charge on any atom is 0.318 e. The van der Waals surface area contributed by atoms with Crippen molar-refractivity contribution < 1.29 is 22.3 Å². The molecule has 186 valence electrons. The Bertz CT molecular complexity index is 1030. The second-order valence-corrected chi connectivity index (χ2v) is 11.1. The molecule has 0 spiro atoms. The quantitative estimate of drug-likeness (QED) is 0.575. The molecule has 2 amide bonds. The highest BCUT2D eigenvalue weighted by Gasteiger charge is 2.31. The van der Waals surface area contributed by atoms with Crippen LogP contribution in [0.2, 0.25) is 0 Å². The second kappa shape index (κ2) is 11.7. The lowest BCUT2D eigenvalue weighted by molar-refractivity contribution is 0.140. The molecule has 2 aromatic rings. The average Bonchev–Trinajstić information content (AvgIpc) is 2.81. The van der Waals surface area contributed by atoms with Crippen LogP contribution in [0, 0.1) is 11.7 Å². The number of carbonyl (C=O) groups is 1. The first kappa shape index (κ1) is 26.0. The van der Waals surface area contributed by atoms with Crippen molar-refractivity contribution in [2.45, 2.75) is 45.8 Å². The van der Waals surface area contributed by atoms with Gasteiger partial charge in [0.2, 0.25) is 10.0 Å². The van der Waals surface area contributed by atoms with Gasteiger partial charge in [0.1, 0.15) is 11.6 Å². The minimum atomic E-state index is -3.26. The number of piperidine rings is 1. The highest BCUT2D eigenvalue weighted by atomic mass is 32.2. The van der Waals surface area contributed by atoms with Crippen molar-refractivity contribution in [2.24, 2.45) is 5.92 Å². The minimum Gasteiger partial charge on any atom is -0.493 e. The fourth-order valence-electron chi connectivity index (χ4n) is 3.88. The fraction of sp³-hybridized carbons (Fsp3) is 0.480. The number of nitrogens with zero attached hydrogens (tertiary/aromatic N) is 2. The number of sulfonamides is 1. The van der Waals surface area contributed by atoms with Gasteiger partial charge in [-0.1, -0.05) is 38.1 Å². The Balaban J connectivity index is 1.65. The Morgan fingerprint density at radius 1 is 1.09 bits per heavy atom. The Kier molecular flexibility index (Phi) is 8.90. The van der Waals surface area contributed by atoms with E-state index in [1.54, 1.807) is 17.0 Å². The molecule has 0 atom stereocenters. The maximum absolute atomic E-state index is 13.4. The second-order valence-electron chi connectivity index (χ2n) is 9.16. The van der Waals surface area contributed by atoms with E-state index in [4.69, 9.17) is 4.74 Å². The zero-order valence-corrected chi connectivity index (χ0v) is 20.9. The third-order valence-corrected chi connectivity index (χ3v) is 7.11. The van der Waals surface area contributed by atoms with Crippen LogP contribution in [-0.2, 0) is 23.1 Å².